The van der Waals surface area contributed by atoms with E-state index in [4.69, 9.17) is 5.73 Å². The lowest BCUT2D eigenvalue weighted by atomic mass is 10.0. The summed E-state index contributed by atoms with van der Waals surface area (Å²) in [5, 5.41) is 0. The van der Waals surface area contributed by atoms with Gasteiger partial charge in [-0.05, 0) is 18.6 Å². The number of halogens is 3. The molecule has 0 aliphatic carbocycles. The van der Waals surface area contributed by atoms with Crippen LogP contribution in [0.3, 0.4) is 0 Å². The molecule has 0 spiro atoms. The molecule has 0 amide bonds. The van der Waals surface area contributed by atoms with Gasteiger partial charge in [0.15, 0.2) is 0 Å². The number of rotatable bonds is 3. The maximum atomic E-state index is 13.3. The van der Waals surface area contributed by atoms with Gasteiger partial charge in [0, 0.05) is 16.1 Å². The van der Waals surface area contributed by atoms with E-state index in [0.29, 0.717) is 10.9 Å². The van der Waals surface area contributed by atoms with Crippen molar-refractivity contribution in [1.29, 1.82) is 0 Å². The third kappa shape index (κ3) is 2.39. The molecule has 1 rings (SSSR count). The monoisotopic (exact) mass is 261 g/mol. The Morgan fingerprint density at radius 2 is 1.93 bits per heavy atom. The van der Waals surface area contributed by atoms with E-state index in [1.165, 1.54) is 18.2 Å². The summed E-state index contributed by atoms with van der Waals surface area (Å²) in [6, 6.07) is 1.71. The molecule has 1 unspecified atom stereocenters. The molecule has 1 aromatic rings. The highest BCUT2D eigenvalue weighted by Crippen LogP contribution is 2.25. The van der Waals surface area contributed by atoms with Crippen LogP contribution in [-0.2, 0) is 0 Å². The van der Waals surface area contributed by atoms with Crippen molar-refractivity contribution < 1.29 is 8.78 Å². The molecule has 0 aromatic heterocycles. The number of hydrogen-bond acceptors (Lipinski definition) is 1. The second kappa shape index (κ2) is 4.66. The molecule has 76 valence electrons. The van der Waals surface area contributed by atoms with E-state index in [9.17, 15) is 8.78 Å². The van der Waals surface area contributed by atoms with Crippen molar-refractivity contribution in [1.82, 2.24) is 0 Å². The summed E-state index contributed by atoms with van der Waals surface area (Å²) in [6.07, 6.45) is 1.88. The van der Waals surface area contributed by atoms with Crippen LogP contribution in [0.4, 0.5) is 8.78 Å². The minimum absolute atomic E-state index is 0.0897. The normalized spacial score (nSPS) is 12.6. The second-order valence-electron chi connectivity index (χ2n) is 2.91. The third-order valence-electron chi connectivity index (χ3n) is 1.84. The smallest absolute Gasteiger partial charge is 0.132 e. The van der Waals surface area contributed by atoms with Crippen LogP contribution in [-0.4, -0.2) is 0 Å². The predicted molar refractivity (Wildman–Crippen MR) is 55.8 cm³/mol. The van der Waals surface area contributed by atoms with Gasteiger partial charge in [-0.25, -0.2) is 8.78 Å². The van der Waals surface area contributed by atoms with Crippen LogP contribution in [0.2, 0.25) is 0 Å². The Morgan fingerprint density at radius 1 is 1.43 bits per heavy atom. The zero-order chi connectivity index (χ0) is 10.7. The highest BCUT2D eigenvalue weighted by atomic mass is 79.9. The summed E-state index contributed by atoms with van der Waals surface area (Å²) >= 11 is 2.99. The standard InChI is InChI=1S/C10H10BrF2N/c1-2-3-9(14)10-7(12)4-6(11)5-8(10)13/h2,4-5,9H,1,3,14H2. The van der Waals surface area contributed by atoms with Gasteiger partial charge in [0.05, 0.1) is 0 Å². The fourth-order valence-corrected chi connectivity index (χ4v) is 1.61. The van der Waals surface area contributed by atoms with Gasteiger partial charge in [0.25, 0.3) is 0 Å². The zero-order valence-electron chi connectivity index (χ0n) is 7.43. The van der Waals surface area contributed by atoms with Crippen LogP contribution >= 0.6 is 15.9 Å². The van der Waals surface area contributed by atoms with Crippen LogP contribution in [0.25, 0.3) is 0 Å². The Kier molecular flexibility index (Phi) is 3.77. The molecule has 1 nitrogen and oxygen atoms in total. The van der Waals surface area contributed by atoms with Crippen molar-refractivity contribution in [2.24, 2.45) is 5.73 Å². The first-order valence-corrected chi connectivity index (χ1v) is 4.86. The molecule has 0 saturated heterocycles. The summed E-state index contributed by atoms with van der Waals surface area (Å²) < 4.78 is 27.0. The molecule has 0 aliphatic rings. The second-order valence-corrected chi connectivity index (χ2v) is 3.83. The van der Waals surface area contributed by atoms with Crippen LogP contribution in [0.15, 0.2) is 29.3 Å². The highest BCUT2D eigenvalue weighted by molar-refractivity contribution is 9.10. The van der Waals surface area contributed by atoms with Crippen LogP contribution < -0.4 is 5.73 Å². The van der Waals surface area contributed by atoms with E-state index < -0.39 is 17.7 Å². The Morgan fingerprint density at radius 3 is 2.36 bits per heavy atom. The van der Waals surface area contributed by atoms with Crippen molar-refractivity contribution in [2.75, 3.05) is 0 Å². The molecule has 0 heterocycles. The molecule has 0 bridgehead atoms. The Labute approximate surface area is 89.7 Å². The fraction of sp³-hybridized carbons (Fsp3) is 0.200. The maximum absolute atomic E-state index is 13.3. The van der Waals surface area contributed by atoms with Crippen molar-refractivity contribution in [3.05, 3.63) is 46.5 Å². The first kappa shape index (κ1) is 11.3. The number of benzene rings is 1. The first-order valence-electron chi connectivity index (χ1n) is 4.07. The molecule has 0 fully saturated rings. The van der Waals surface area contributed by atoms with Crippen LogP contribution in [0.5, 0.6) is 0 Å². The summed E-state index contributed by atoms with van der Waals surface area (Å²) in [7, 11) is 0. The molecular formula is C10H10BrF2N. The maximum Gasteiger partial charge on any atom is 0.132 e. The van der Waals surface area contributed by atoms with E-state index in [0.717, 1.165) is 0 Å². The van der Waals surface area contributed by atoms with Gasteiger partial charge in [-0.1, -0.05) is 22.0 Å². The summed E-state index contributed by atoms with van der Waals surface area (Å²) in [4.78, 5) is 0. The first-order chi connectivity index (χ1) is 6.56. The Hall–Kier alpha value is -0.740. The molecule has 14 heavy (non-hydrogen) atoms. The van der Waals surface area contributed by atoms with Crippen LogP contribution in [0, 0.1) is 11.6 Å². The van der Waals surface area contributed by atoms with Crippen molar-refractivity contribution in [3.8, 4) is 0 Å². The van der Waals surface area contributed by atoms with Gasteiger partial charge in [0.1, 0.15) is 11.6 Å². The lowest BCUT2D eigenvalue weighted by Crippen LogP contribution is -2.13. The molecule has 0 aliphatic heterocycles. The molecule has 1 aromatic carbocycles. The topological polar surface area (TPSA) is 26.0 Å². The van der Waals surface area contributed by atoms with Gasteiger partial charge in [0.2, 0.25) is 0 Å². The van der Waals surface area contributed by atoms with Gasteiger partial charge in [-0.3, -0.25) is 0 Å². The van der Waals surface area contributed by atoms with E-state index in [-0.39, 0.29) is 5.56 Å². The quantitative estimate of drug-likeness (QED) is 0.831. The lowest BCUT2D eigenvalue weighted by molar-refractivity contribution is 0.526. The number of nitrogens with two attached hydrogens (primary N) is 1. The van der Waals surface area contributed by atoms with Gasteiger partial charge in [-0.15, -0.1) is 6.58 Å². The fourth-order valence-electron chi connectivity index (χ4n) is 1.20. The van der Waals surface area contributed by atoms with E-state index >= 15 is 0 Å². The predicted octanol–water partition coefficient (Wildman–Crippen LogP) is 3.30. The number of hydrogen-bond donors (Lipinski definition) is 1. The average molecular weight is 262 g/mol. The highest BCUT2D eigenvalue weighted by Gasteiger charge is 2.16. The largest absolute Gasteiger partial charge is 0.324 e. The minimum Gasteiger partial charge on any atom is -0.324 e. The van der Waals surface area contributed by atoms with Crippen LogP contribution in [0.1, 0.15) is 18.0 Å². The SMILES string of the molecule is C=CCC(N)c1c(F)cc(Br)cc1F. The molecule has 2 N–H and O–H groups in total. The van der Waals surface area contributed by atoms with Gasteiger partial charge >= 0.3 is 0 Å². The Bertz CT molecular complexity index is 329. The minimum atomic E-state index is -0.680. The molecule has 4 heteroatoms. The van der Waals surface area contributed by atoms with Gasteiger partial charge in [-0.2, -0.15) is 0 Å². The molecule has 0 saturated carbocycles. The molecular weight excluding hydrogens is 252 g/mol. The van der Waals surface area contributed by atoms with Crippen molar-refractivity contribution >= 4 is 15.9 Å². The Balaban J connectivity index is 3.13. The molecule has 1 atom stereocenters. The average Bonchev–Trinajstić information content (AvgIpc) is 2.01. The summed E-state index contributed by atoms with van der Waals surface area (Å²) in [6.45, 7) is 3.47. The van der Waals surface area contributed by atoms with E-state index in [1.807, 2.05) is 0 Å². The molecule has 0 radical (unpaired) electrons. The summed E-state index contributed by atoms with van der Waals surface area (Å²) in [5.74, 6) is -1.27. The van der Waals surface area contributed by atoms with E-state index in [2.05, 4.69) is 22.5 Å². The third-order valence-corrected chi connectivity index (χ3v) is 2.29. The van der Waals surface area contributed by atoms with Crippen molar-refractivity contribution in [2.45, 2.75) is 12.5 Å². The summed E-state index contributed by atoms with van der Waals surface area (Å²) in [5.41, 5.74) is 5.50. The zero-order valence-corrected chi connectivity index (χ0v) is 9.02. The lowest BCUT2D eigenvalue weighted by Gasteiger charge is -2.11. The van der Waals surface area contributed by atoms with Crippen molar-refractivity contribution in [3.63, 3.8) is 0 Å². The van der Waals surface area contributed by atoms with Gasteiger partial charge < -0.3 is 5.73 Å². The van der Waals surface area contributed by atoms with E-state index in [1.54, 1.807) is 0 Å².